The molecule has 3 rings (SSSR count). The van der Waals surface area contributed by atoms with E-state index in [1.807, 2.05) is 0 Å². The van der Waals surface area contributed by atoms with E-state index in [0.29, 0.717) is 80.8 Å². The molecule has 21 heavy (non-hydrogen) atoms. The third-order valence-corrected chi connectivity index (χ3v) is 17.1. The van der Waals surface area contributed by atoms with E-state index in [1.54, 1.807) is 0 Å². The molecule has 3 radical (unpaired) electrons. The Bertz CT molecular complexity index is 265. The molecule has 0 aromatic carbocycles. The molecular weight excluding hydrogens is 938 g/mol. The molecule has 0 unspecified atom stereocenters. The molecule has 0 aromatic heterocycles. The molecule has 0 saturated carbocycles. The van der Waals surface area contributed by atoms with E-state index >= 15 is 0 Å². The molecule has 3 aliphatic heterocycles. The standard InChI is InChI=1S/3C3H2As2.3ClH.3Zr/c3*1-2-4-5-3-1;;;;;;/h3*1-2H;3*1H;;;/q3*-1;;;;3*+2/p-3. The molecule has 3 aliphatic rings. The third kappa shape index (κ3) is 33.7. The first-order valence-corrected chi connectivity index (χ1v) is 25.6. The minimum Gasteiger partial charge on any atom is -1.00 e. The molecule has 12 heteroatoms. The zero-order valence-electron chi connectivity index (χ0n) is 10.3. The Morgan fingerprint density at radius 2 is 0.714 bits per heavy atom. The van der Waals surface area contributed by atoms with Crippen LogP contribution in [0.5, 0.6) is 0 Å². The van der Waals surface area contributed by atoms with E-state index in [9.17, 15) is 0 Å². The second-order valence-electron chi connectivity index (χ2n) is 1.98. The number of hydrogen-bond donors (Lipinski definition) is 0. The Morgan fingerprint density at radius 1 is 0.476 bits per heavy atom. The van der Waals surface area contributed by atoms with Gasteiger partial charge in [-0.25, -0.2) is 0 Å². The SMILES string of the molecule is [C-]1=[As][As]C=C1.[C-]1=[As][As]C=C1.[C-]1=[As][As]C=C1.[Cl-].[Cl-].[Cl-].[Zr+2].[Zr+2].[Zr+2]. The predicted molar refractivity (Wildman–Crippen MR) is 77.0 cm³/mol. The fraction of sp³-hybridized carbons (Fsp3) is 0. The van der Waals surface area contributed by atoms with Gasteiger partial charge in [-0.1, -0.05) is 0 Å². The molecule has 0 nitrogen and oxygen atoms in total. The molecule has 0 aliphatic carbocycles. The van der Waals surface area contributed by atoms with Crippen LogP contribution in [0.1, 0.15) is 0 Å². The summed E-state index contributed by atoms with van der Waals surface area (Å²) >= 11 is 3.73. The Morgan fingerprint density at radius 3 is 0.762 bits per heavy atom. The first kappa shape index (κ1) is 41.2. The average Bonchev–Trinajstić information content (AvgIpc) is 3.09. The summed E-state index contributed by atoms with van der Waals surface area (Å²) in [6.07, 6.45) is 6.21. The molecule has 0 fully saturated rings. The van der Waals surface area contributed by atoms with Crippen LogP contribution in [0.4, 0.5) is 0 Å². The van der Waals surface area contributed by atoms with Gasteiger partial charge >= 0.3 is 207 Å². The van der Waals surface area contributed by atoms with Crippen molar-refractivity contribution in [2.75, 3.05) is 0 Å². The summed E-state index contributed by atoms with van der Waals surface area (Å²) in [5, 5.41) is 0. The predicted octanol–water partition coefficient (Wildman–Crippen LogP) is -10.4. The Hall–Kier alpha value is 5.70. The Labute approximate surface area is 238 Å². The van der Waals surface area contributed by atoms with Crippen LogP contribution in [0.15, 0.2) is 32.8 Å². The third-order valence-electron chi connectivity index (χ3n) is 0.994. The van der Waals surface area contributed by atoms with Crippen LogP contribution in [-0.4, -0.2) is 95.2 Å². The first-order chi connectivity index (χ1) is 7.50. The van der Waals surface area contributed by atoms with Gasteiger partial charge in [0.25, 0.3) is 0 Å². The number of rotatable bonds is 0. The minimum absolute atomic E-state index is 0. The van der Waals surface area contributed by atoms with Gasteiger partial charge in [0.05, 0.1) is 0 Å². The maximum absolute atomic E-state index is 3.18. The molecule has 0 N–H and O–H groups in total. The van der Waals surface area contributed by atoms with Gasteiger partial charge in [0.1, 0.15) is 0 Å². The maximum Gasteiger partial charge on any atom is 2.00 e. The molecular formula is C9H6As6Cl3Zr3. The first-order valence-electron chi connectivity index (χ1n) is 3.91. The zero-order chi connectivity index (χ0) is 10.6. The largest absolute Gasteiger partial charge is 2.00 e. The van der Waals surface area contributed by atoms with Crippen molar-refractivity contribution in [3.8, 4) is 0 Å². The Balaban J connectivity index is -0.0000000352. The van der Waals surface area contributed by atoms with Crippen molar-refractivity contribution >= 4 is 95.2 Å². The summed E-state index contributed by atoms with van der Waals surface area (Å²) in [5.41, 5.74) is 0. The van der Waals surface area contributed by atoms with E-state index in [-0.39, 0.29) is 116 Å². The van der Waals surface area contributed by atoms with Gasteiger partial charge in [0, 0.05) is 0 Å². The summed E-state index contributed by atoms with van der Waals surface area (Å²) in [5.74, 6) is 0. The van der Waals surface area contributed by atoms with Gasteiger partial charge < -0.3 is 37.2 Å². The van der Waals surface area contributed by atoms with Crippen LogP contribution < -0.4 is 37.2 Å². The fourth-order valence-electron chi connectivity index (χ4n) is 0.500. The summed E-state index contributed by atoms with van der Waals surface area (Å²) in [7, 11) is 0. The molecule has 0 amide bonds. The summed E-state index contributed by atoms with van der Waals surface area (Å²) in [6, 6.07) is 0. The van der Waals surface area contributed by atoms with E-state index in [4.69, 9.17) is 0 Å². The van der Waals surface area contributed by atoms with Gasteiger partial charge in [-0.3, -0.25) is 0 Å². The van der Waals surface area contributed by atoms with Crippen LogP contribution in [0.25, 0.3) is 0 Å². The van der Waals surface area contributed by atoms with Gasteiger partial charge in [0.2, 0.25) is 0 Å². The molecule has 0 atom stereocenters. The average molecular weight is 944 g/mol. The molecule has 0 spiro atoms. The van der Waals surface area contributed by atoms with Crippen molar-refractivity contribution in [2.24, 2.45) is 0 Å². The molecule has 0 bridgehead atoms. The molecule has 0 aromatic rings. The van der Waals surface area contributed by atoms with Gasteiger partial charge in [-0.05, 0) is 0 Å². The number of halogens is 3. The van der Waals surface area contributed by atoms with Crippen LogP contribution in [-0.2, 0) is 78.6 Å². The van der Waals surface area contributed by atoms with Crippen molar-refractivity contribution in [3.63, 3.8) is 0 Å². The topological polar surface area (TPSA) is 0 Å². The van der Waals surface area contributed by atoms with Crippen LogP contribution >= 0.6 is 0 Å². The number of hydrogen-bond acceptors (Lipinski definition) is 0. The smallest absolute Gasteiger partial charge is 1.00 e. The second-order valence-corrected chi connectivity index (χ2v) is 22.3. The van der Waals surface area contributed by atoms with Crippen molar-refractivity contribution in [1.82, 2.24) is 0 Å². The summed E-state index contributed by atoms with van der Waals surface area (Å²) in [6.45, 7) is 0. The van der Waals surface area contributed by atoms with E-state index in [1.165, 1.54) is 0 Å². The van der Waals surface area contributed by atoms with Crippen molar-refractivity contribution in [3.05, 3.63) is 32.8 Å². The van der Waals surface area contributed by atoms with Gasteiger partial charge in [0.15, 0.2) is 0 Å². The molecule has 105 valence electrons. The fourth-order valence-corrected chi connectivity index (χ4v) is 13.5. The van der Waals surface area contributed by atoms with Crippen molar-refractivity contribution < 1.29 is 116 Å². The van der Waals surface area contributed by atoms with Gasteiger partial charge in [-0.15, -0.1) is 0 Å². The van der Waals surface area contributed by atoms with E-state index in [0.717, 1.165) is 0 Å². The minimum atomic E-state index is 0. The van der Waals surface area contributed by atoms with E-state index in [2.05, 4.69) is 47.2 Å². The van der Waals surface area contributed by atoms with Crippen molar-refractivity contribution in [1.29, 1.82) is 0 Å². The van der Waals surface area contributed by atoms with Crippen LogP contribution in [0.2, 0.25) is 0 Å². The van der Waals surface area contributed by atoms with Crippen LogP contribution in [0.3, 0.4) is 0 Å². The summed E-state index contributed by atoms with van der Waals surface area (Å²) in [4.78, 5) is 16.3. The molecule has 0 saturated heterocycles. The van der Waals surface area contributed by atoms with Crippen molar-refractivity contribution in [2.45, 2.75) is 0 Å². The van der Waals surface area contributed by atoms with Gasteiger partial charge in [-0.2, -0.15) is 0 Å². The zero-order valence-corrected chi connectivity index (χ0v) is 31.2. The van der Waals surface area contributed by atoms with E-state index < -0.39 is 0 Å². The summed E-state index contributed by atoms with van der Waals surface area (Å²) < 4.78 is 0. The maximum atomic E-state index is 3.18. The van der Waals surface area contributed by atoms with Crippen LogP contribution in [0, 0.1) is 0 Å². The normalized spacial score (nSPS) is 18.3. The monoisotopic (exact) mass is 938 g/mol. The Kier molecular flexibility index (Phi) is 71.7. The second kappa shape index (κ2) is 36.6. The molecule has 3 heterocycles. The quantitative estimate of drug-likeness (QED) is 0.168. The number of allylic oxidation sites excluding steroid dienone is 3.